The number of hydrogen-bond acceptors (Lipinski definition) is 3. The van der Waals surface area contributed by atoms with Crippen molar-refractivity contribution in [1.29, 1.82) is 0 Å². The molecule has 2 rings (SSSR count). The van der Waals surface area contributed by atoms with Crippen LogP contribution in [0.15, 0.2) is 28.7 Å². The van der Waals surface area contributed by atoms with E-state index >= 15 is 0 Å². The number of carbonyl (C=O) groups is 1. The molecule has 1 heterocycles. The molecule has 0 saturated carbocycles. The van der Waals surface area contributed by atoms with E-state index in [9.17, 15) is 4.79 Å². The SMILES string of the molecule is O=C(COCc1ccc(Br)cc1)N1CCNCC1. The van der Waals surface area contributed by atoms with E-state index in [2.05, 4.69) is 21.2 Å². The number of amides is 1. The Balaban J connectivity index is 1.71. The number of benzene rings is 1. The average Bonchev–Trinajstić information content (AvgIpc) is 2.42. The highest BCUT2D eigenvalue weighted by atomic mass is 79.9. The Morgan fingerprint density at radius 2 is 1.94 bits per heavy atom. The normalized spacial score (nSPS) is 15.7. The van der Waals surface area contributed by atoms with Gasteiger partial charge in [-0.2, -0.15) is 0 Å². The minimum atomic E-state index is 0.0774. The summed E-state index contributed by atoms with van der Waals surface area (Å²) in [4.78, 5) is 13.7. The van der Waals surface area contributed by atoms with Gasteiger partial charge in [0.2, 0.25) is 5.91 Å². The third kappa shape index (κ3) is 4.08. The monoisotopic (exact) mass is 312 g/mol. The second-order valence-corrected chi connectivity index (χ2v) is 5.17. The Hall–Kier alpha value is -0.910. The van der Waals surface area contributed by atoms with Crippen molar-refractivity contribution in [3.05, 3.63) is 34.3 Å². The molecule has 1 saturated heterocycles. The van der Waals surface area contributed by atoms with Gasteiger partial charge in [0.25, 0.3) is 0 Å². The lowest BCUT2D eigenvalue weighted by Crippen LogP contribution is -2.47. The van der Waals surface area contributed by atoms with Gasteiger partial charge >= 0.3 is 0 Å². The highest BCUT2D eigenvalue weighted by Crippen LogP contribution is 2.11. The topological polar surface area (TPSA) is 41.6 Å². The van der Waals surface area contributed by atoms with E-state index in [1.54, 1.807) is 0 Å². The highest BCUT2D eigenvalue weighted by Gasteiger charge is 2.15. The summed E-state index contributed by atoms with van der Waals surface area (Å²) >= 11 is 3.38. The Morgan fingerprint density at radius 3 is 2.61 bits per heavy atom. The second kappa shape index (κ2) is 6.87. The summed E-state index contributed by atoms with van der Waals surface area (Å²) in [7, 11) is 0. The zero-order valence-corrected chi connectivity index (χ0v) is 11.8. The predicted molar refractivity (Wildman–Crippen MR) is 73.2 cm³/mol. The molecule has 1 amide bonds. The average molecular weight is 313 g/mol. The lowest BCUT2D eigenvalue weighted by molar-refractivity contribution is -0.137. The first-order valence-electron chi connectivity index (χ1n) is 6.06. The van der Waals surface area contributed by atoms with Crippen molar-refractivity contribution >= 4 is 21.8 Å². The predicted octanol–water partition coefficient (Wildman–Crippen LogP) is 1.40. The first-order chi connectivity index (χ1) is 8.75. The van der Waals surface area contributed by atoms with Gasteiger partial charge in [-0.1, -0.05) is 28.1 Å². The fourth-order valence-electron chi connectivity index (χ4n) is 1.84. The zero-order valence-electron chi connectivity index (χ0n) is 10.2. The Morgan fingerprint density at radius 1 is 1.28 bits per heavy atom. The number of piperazine rings is 1. The molecule has 0 bridgehead atoms. The van der Waals surface area contributed by atoms with Crippen molar-refractivity contribution in [1.82, 2.24) is 10.2 Å². The van der Waals surface area contributed by atoms with Crippen LogP contribution in [-0.4, -0.2) is 43.6 Å². The van der Waals surface area contributed by atoms with Crippen LogP contribution in [0, 0.1) is 0 Å². The lowest BCUT2D eigenvalue weighted by atomic mass is 10.2. The molecule has 0 aliphatic carbocycles. The Kier molecular flexibility index (Phi) is 5.16. The lowest BCUT2D eigenvalue weighted by Gasteiger charge is -2.27. The van der Waals surface area contributed by atoms with Gasteiger partial charge in [-0.25, -0.2) is 0 Å². The van der Waals surface area contributed by atoms with Crippen LogP contribution in [0.1, 0.15) is 5.56 Å². The summed E-state index contributed by atoms with van der Waals surface area (Å²) in [6.07, 6.45) is 0. The molecular weight excluding hydrogens is 296 g/mol. The molecule has 1 aliphatic rings. The highest BCUT2D eigenvalue weighted by molar-refractivity contribution is 9.10. The Labute approximate surface area is 115 Å². The van der Waals surface area contributed by atoms with E-state index < -0.39 is 0 Å². The van der Waals surface area contributed by atoms with Crippen LogP contribution < -0.4 is 5.32 Å². The first-order valence-corrected chi connectivity index (χ1v) is 6.86. The van der Waals surface area contributed by atoms with Gasteiger partial charge in [-0.3, -0.25) is 4.79 Å². The third-order valence-electron chi connectivity index (χ3n) is 2.88. The van der Waals surface area contributed by atoms with Crippen LogP contribution >= 0.6 is 15.9 Å². The van der Waals surface area contributed by atoms with Crippen LogP contribution in [0.2, 0.25) is 0 Å². The molecular formula is C13H17BrN2O2. The first kappa shape index (κ1) is 13.5. The van der Waals surface area contributed by atoms with Crippen molar-refractivity contribution in [3.8, 4) is 0 Å². The summed E-state index contributed by atoms with van der Waals surface area (Å²) in [6, 6.07) is 7.91. The van der Waals surface area contributed by atoms with Crippen LogP contribution in [0.4, 0.5) is 0 Å². The van der Waals surface area contributed by atoms with Crippen LogP contribution in [0.25, 0.3) is 0 Å². The largest absolute Gasteiger partial charge is 0.367 e. The molecule has 1 aromatic carbocycles. The summed E-state index contributed by atoms with van der Waals surface area (Å²) in [5.41, 5.74) is 1.08. The maximum absolute atomic E-state index is 11.8. The maximum Gasteiger partial charge on any atom is 0.248 e. The minimum Gasteiger partial charge on any atom is -0.367 e. The fraction of sp³-hybridized carbons (Fsp3) is 0.462. The molecule has 1 N–H and O–H groups in total. The number of carbonyl (C=O) groups excluding carboxylic acids is 1. The van der Waals surface area contributed by atoms with Gasteiger partial charge in [0, 0.05) is 30.7 Å². The summed E-state index contributed by atoms with van der Waals surface area (Å²) in [5.74, 6) is 0.0774. The fourth-order valence-corrected chi connectivity index (χ4v) is 2.11. The van der Waals surface area contributed by atoms with Crippen molar-refractivity contribution < 1.29 is 9.53 Å². The number of nitrogens with one attached hydrogen (secondary N) is 1. The van der Waals surface area contributed by atoms with E-state index in [1.165, 1.54) is 0 Å². The standard InChI is InChI=1S/C13H17BrN2O2/c14-12-3-1-11(2-4-12)9-18-10-13(17)16-7-5-15-6-8-16/h1-4,15H,5-10H2. The molecule has 1 aliphatic heterocycles. The third-order valence-corrected chi connectivity index (χ3v) is 3.41. The van der Waals surface area contributed by atoms with E-state index in [0.717, 1.165) is 36.2 Å². The molecule has 1 fully saturated rings. The molecule has 0 aromatic heterocycles. The summed E-state index contributed by atoms with van der Waals surface area (Å²) in [6.45, 7) is 3.94. The quantitative estimate of drug-likeness (QED) is 0.913. The molecule has 18 heavy (non-hydrogen) atoms. The molecule has 0 radical (unpaired) electrons. The van der Waals surface area contributed by atoms with Crippen molar-refractivity contribution in [2.75, 3.05) is 32.8 Å². The van der Waals surface area contributed by atoms with Gasteiger partial charge in [0.1, 0.15) is 6.61 Å². The molecule has 98 valence electrons. The zero-order chi connectivity index (χ0) is 12.8. The van der Waals surface area contributed by atoms with Crippen molar-refractivity contribution in [2.45, 2.75) is 6.61 Å². The molecule has 0 atom stereocenters. The van der Waals surface area contributed by atoms with Gasteiger partial charge in [0.05, 0.1) is 6.61 Å². The number of halogens is 1. The van der Waals surface area contributed by atoms with Crippen molar-refractivity contribution in [3.63, 3.8) is 0 Å². The van der Waals surface area contributed by atoms with Gasteiger partial charge in [-0.15, -0.1) is 0 Å². The van der Waals surface area contributed by atoms with Gasteiger partial charge < -0.3 is 15.0 Å². The Bertz CT molecular complexity index is 388. The van der Waals surface area contributed by atoms with Gasteiger partial charge in [0.15, 0.2) is 0 Å². The van der Waals surface area contributed by atoms with Crippen LogP contribution in [0.5, 0.6) is 0 Å². The molecule has 0 spiro atoms. The van der Waals surface area contributed by atoms with E-state index in [1.807, 2.05) is 29.2 Å². The molecule has 1 aromatic rings. The van der Waals surface area contributed by atoms with E-state index in [4.69, 9.17) is 4.74 Å². The summed E-state index contributed by atoms with van der Waals surface area (Å²) in [5, 5.41) is 3.22. The van der Waals surface area contributed by atoms with Gasteiger partial charge in [-0.05, 0) is 17.7 Å². The number of nitrogens with zero attached hydrogens (tertiary/aromatic N) is 1. The van der Waals surface area contributed by atoms with Crippen molar-refractivity contribution in [2.24, 2.45) is 0 Å². The van der Waals surface area contributed by atoms with Crippen LogP contribution in [-0.2, 0) is 16.1 Å². The summed E-state index contributed by atoms with van der Waals surface area (Å²) < 4.78 is 6.49. The number of hydrogen-bond donors (Lipinski definition) is 1. The van der Waals surface area contributed by atoms with E-state index in [-0.39, 0.29) is 12.5 Å². The smallest absolute Gasteiger partial charge is 0.248 e. The molecule has 5 heteroatoms. The molecule has 4 nitrogen and oxygen atoms in total. The number of ether oxygens (including phenoxy) is 1. The minimum absolute atomic E-state index is 0.0774. The van der Waals surface area contributed by atoms with Crippen LogP contribution in [0.3, 0.4) is 0 Å². The number of rotatable bonds is 4. The molecule has 0 unspecified atom stereocenters. The maximum atomic E-state index is 11.8. The van der Waals surface area contributed by atoms with E-state index in [0.29, 0.717) is 6.61 Å². The second-order valence-electron chi connectivity index (χ2n) is 4.25.